The van der Waals surface area contributed by atoms with Crippen LogP contribution < -0.4 is 9.47 Å². The number of hydrogen-bond donors (Lipinski definition) is 4. The lowest BCUT2D eigenvalue weighted by Crippen LogP contribution is -1.93. The minimum Gasteiger partial charge on any atom is -0.508 e. The predicted octanol–water partition coefficient (Wildman–Crippen LogP) is 1.51. The minimum absolute atomic E-state index is 0.0125. The Hall–Kier alpha value is -1.76. The van der Waals surface area contributed by atoms with Crippen molar-refractivity contribution in [3.05, 3.63) is 12.1 Å². The zero-order valence-electron chi connectivity index (χ0n) is 10.1. The van der Waals surface area contributed by atoms with Gasteiger partial charge in [0.25, 0.3) is 0 Å². The Kier molecular flexibility index (Phi) is 7.53. The van der Waals surface area contributed by atoms with Crippen LogP contribution in [0.15, 0.2) is 12.1 Å². The Balaban J connectivity index is 0.000000411. The molecule has 1 aromatic carbocycles. The lowest BCUT2D eigenvalue weighted by molar-refractivity contribution is -0.136. The van der Waals surface area contributed by atoms with Crippen LogP contribution in [-0.4, -0.2) is 41.3 Å². The van der Waals surface area contributed by atoms with Crippen LogP contribution in [0, 0.1) is 0 Å². The number of hydrogen-bond acceptors (Lipinski definition) is 6. The number of carbonyl (C=O) groups is 1. The normalized spacial score (nSPS) is 9.06. The van der Waals surface area contributed by atoms with Crippen LogP contribution in [0.3, 0.4) is 0 Å². The summed E-state index contributed by atoms with van der Waals surface area (Å²) >= 11 is 3.68. The number of carboxylic acids is 1. The molecule has 0 bridgehead atoms. The molecule has 0 spiro atoms. The summed E-state index contributed by atoms with van der Waals surface area (Å²) in [5.41, 5.74) is 0. The van der Waals surface area contributed by atoms with Crippen molar-refractivity contribution in [1.29, 1.82) is 0 Å². The monoisotopic (exact) mass is 276 g/mol. The first kappa shape index (κ1) is 16.2. The Bertz CT molecular complexity index is 368. The molecule has 6 nitrogen and oxygen atoms in total. The average molecular weight is 276 g/mol. The summed E-state index contributed by atoms with van der Waals surface area (Å²) in [4.78, 5) is 9.55. The van der Waals surface area contributed by atoms with E-state index in [9.17, 15) is 9.90 Å². The summed E-state index contributed by atoms with van der Waals surface area (Å²) in [6.07, 6.45) is 0.156. The molecule has 0 atom stereocenters. The number of carboxylic acid groups (broad SMARTS) is 1. The predicted molar refractivity (Wildman–Crippen MR) is 69.0 cm³/mol. The van der Waals surface area contributed by atoms with Crippen molar-refractivity contribution in [1.82, 2.24) is 0 Å². The molecule has 0 aromatic heterocycles. The molecular weight excluding hydrogens is 260 g/mol. The molecule has 3 N–H and O–H groups in total. The third kappa shape index (κ3) is 5.53. The summed E-state index contributed by atoms with van der Waals surface area (Å²) in [6.45, 7) is 0. The van der Waals surface area contributed by atoms with Gasteiger partial charge in [0.1, 0.15) is 5.75 Å². The van der Waals surface area contributed by atoms with E-state index in [1.165, 1.54) is 26.4 Å². The van der Waals surface area contributed by atoms with E-state index in [0.29, 0.717) is 5.75 Å². The fourth-order valence-corrected chi connectivity index (χ4v) is 1.17. The maximum absolute atomic E-state index is 9.55. The second-order valence-corrected chi connectivity index (χ2v) is 3.51. The van der Waals surface area contributed by atoms with Crippen LogP contribution in [0.5, 0.6) is 23.0 Å². The molecule has 0 aliphatic rings. The highest BCUT2D eigenvalue weighted by Crippen LogP contribution is 2.39. The van der Waals surface area contributed by atoms with Gasteiger partial charge >= 0.3 is 5.97 Å². The van der Waals surface area contributed by atoms with Gasteiger partial charge in [-0.05, 0) is 0 Å². The molecule has 0 aliphatic heterocycles. The van der Waals surface area contributed by atoms with Gasteiger partial charge in [0.05, 0.1) is 20.6 Å². The number of methoxy groups -OCH3 is 2. The molecule has 0 fully saturated rings. The number of benzene rings is 1. The highest BCUT2D eigenvalue weighted by atomic mass is 32.1. The highest BCUT2D eigenvalue weighted by molar-refractivity contribution is 7.80. The average Bonchev–Trinajstić information content (AvgIpc) is 2.32. The number of phenols is 2. The molecule has 0 radical (unpaired) electrons. The first-order valence-corrected chi connectivity index (χ1v) is 5.56. The molecule has 18 heavy (non-hydrogen) atoms. The number of ether oxygens (including phenoxy) is 2. The fraction of sp³-hybridized carbons (Fsp3) is 0.364. The molecule has 7 heteroatoms. The quantitative estimate of drug-likeness (QED) is 0.492. The van der Waals surface area contributed by atoms with Crippen LogP contribution in [0.2, 0.25) is 0 Å². The number of aliphatic carboxylic acids is 1. The number of phenolic OH excluding ortho intramolecular Hbond substituents is 2. The van der Waals surface area contributed by atoms with E-state index in [4.69, 9.17) is 19.7 Å². The van der Waals surface area contributed by atoms with Crippen molar-refractivity contribution < 1.29 is 29.6 Å². The molecule has 1 aromatic rings. The van der Waals surface area contributed by atoms with Gasteiger partial charge in [-0.3, -0.25) is 4.79 Å². The topological polar surface area (TPSA) is 96.2 Å². The first-order valence-electron chi connectivity index (χ1n) is 4.92. The fourth-order valence-electron chi connectivity index (χ4n) is 0.975. The first-order chi connectivity index (χ1) is 8.46. The van der Waals surface area contributed by atoms with Gasteiger partial charge in [0, 0.05) is 17.9 Å². The van der Waals surface area contributed by atoms with Gasteiger partial charge < -0.3 is 24.8 Å². The maximum Gasteiger partial charge on any atom is 0.304 e. The third-order valence-corrected chi connectivity index (χ3v) is 2.01. The Morgan fingerprint density at radius 2 is 1.67 bits per heavy atom. The van der Waals surface area contributed by atoms with Crippen molar-refractivity contribution in [2.45, 2.75) is 6.42 Å². The smallest absolute Gasteiger partial charge is 0.304 e. The van der Waals surface area contributed by atoms with E-state index >= 15 is 0 Å². The maximum atomic E-state index is 9.55. The molecule has 0 saturated carbocycles. The van der Waals surface area contributed by atoms with E-state index in [-0.39, 0.29) is 29.4 Å². The van der Waals surface area contributed by atoms with Gasteiger partial charge in [0.15, 0.2) is 11.5 Å². The zero-order valence-corrected chi connectivity index (χ0v) is 11.0. The summed E-state index contributed by atoms with van der Waals surface area (Å²) in [5, 5.41) is 26.3. The Morgan fingerprint density at radius 3 is 1.89 bits per heavy atom. The second-order valence-electron chi connectivity index (χ2n) is 3.07. The van der Waals surface area contributed by atoms with Crippen LogP contribution in [-0.2, 0) is 4.79 Å². The minimum atomic E-state index is -0.787. The largest absolute Gasteiger partial charge is 0.508 e. The van der Waals surface area contributed by atoms with E-state index < -0.39 is 5.97 Å². The van der Waals surface area contributed by atoms with Gasteiger partial charge in [-0.25, -0.2) is 0 Å². The molecule has 0 unspecified atom stereocenters. The molecule has 0 saturated heterocycles. The van der Waals surface area contributed by atoms with Crippen molar-refractivity contribution in [3.63, 3.8) is 0 Å². The summed E-state index contributed by atoms with van der Waals surface area (Å²) < 4.78 is 9.56. The van der Waals surface area contributed by atoms with Gasteiger partial charge in [0.2, 0.25) is 5.75 Å². The lowest BCUT2D eigenvalue weighted by atomic mass is 10.3. The van der Waals surface area contributed by atoms with E-state index in [0.717, 1.165) is 0 Å². The van der Waals surface area contributed by atoms with Crippen molar-refractivity contribution >= 4 is 18.6 Å². The Labute approximate surface area is 110 Å². The standard InChI is InChI=1S/C8H10O4.C3H6O2S/c1-11-6-3-5(9)4-7(12-2)8(6)10;4-3(5)1-2-6/h3-4,9-10H,1-2H3;6H,1-2H2,(H,4,5). The zero-order chi connectivity index (χ0) is 14.1. The molecule has 0 aliphatic carbocycles. The summed E-state index contributed by atoms with van der Waals surface area (Å²) in [6, 6.07) is 2.61. The van der Waals surface area contributed by atoms with Crippen molar-refractivity contribution in [2.75, 3.05) is 20.0 Å². The molecule has 1 rings (SSSR count). The van der Waals surface area contributed by atoms with E-state index in [2.05, 4.69) is 12.6 Å². The van der Waals surface area contributed by atoms with Crippen molar-refractivity contribution in [3.8, 4) is 23.0 Å². The molecule has 102 valence electrons. The molecule has 0 amide bonds. The second kappa shape index (κ2) is 8.35. The summed E-state index contributed by atoms with van der Waals surface area (Å²) in [7, 11) is 2.79. The Morgan fingerprint density at radius 1 is 1.22 bits per heavy atom. The summed E-state index contributed by atoms with van der Waals surface area (Å²) in [5.74, 6) is -0.113. The van der Waals surface area contributed by atoms with Crippen LogP contribution in [0.1, 0.15) is 6.42 Å². The molecular formula is C11H16O6S. The number of aromatic hydroxyl groups is 2. The van der Waals surface area contributed by atoms with E-state index in [1.807, 2.05) is 0 Å². The molecule has 0 heterocycles. The van der Waals surface area contributed by atoms with Gasteiger partial charge in [-0.15, -0.1) is 0 Å². The third-order valence-electron chi connectivity index (χ3n) is 1.79. The van der Waals surface area contributed by atoms with Crippen LogP contribution in [0.25, 0.3) is 0 Å². The van der Waals surface area contributed by atoms with Gasteiger partial charge in [-0.2, -0.15) is 12.6 Å². The highest BCUT2D eigenvalue weighted by Gasteiger charge is 2.09. The van der Waals surface area contributed by atoms with Crippen molar-refractivity contribution in [2.24, 2.45) is 0 Å². The van der Waals surface area contributed by atoms with Gasteiger partial charge in [-0.1, -0.05) is 0 Å². The lowest BCUT2D eigenvalue weighted by Gasteiger charge is -2.07. The number of rotatable bonds is 4. The number of thiol groups is 1. The van der Waals surface area contributed by atoms with Crippen LogP contribution >= 0.6 is 12.6 Å². The van der Waals surface area contributed by atoms with Crippen LogP contribution in [0.4, 0.5) is 0 Å². The van der Waals surface area contributed by atoms with E-state index in [1.54, 1.807) is 0 Å². The SMILES string of the molecule is COc1cc(O)cc(OC)c1O.O=C(O)CCS.